The van der Waals surface area contributed by atoms with Gasteiger partial charge in [-0.05, 0) is 61.1 Å². The van der Waals surface area contributed by atoms with Crippen LogP contribution in [0.2, 0.25) is 0 Å². The molecule has 1 fully saturated rings. The van der Waals surface area contributed by atoms with Crippen LogP contribution in [0.1, 0.15) is 31.4 Å². The second-order valence-electron chi connectivity index (χ2n) is 5.50. The van der Waals surface area contributed by atoms with E-state index in [0.29, 0.717) is 0 Å². The number of rotatable bonds is 6. The van der Waals surface area contributed by atoms with Gasteiger partial charge in [-0.1, -0.05) is 18.2 Å². The van der Waals surface area contributed by atoms with Crippen molar-refractivity contribution >= 4 is 26.8 Å². The number of hydrogen-bond donors (Lipinski definition) is 1. The summed E-state index contributed by atoms with van der Waals surface area (Å²) in [5, 5.41) is 4.91. The van der Waals surface area contributed by atoms with Gasteiger partial charge in [0, 0.05) is 33.7 Å². The molecule has 19 heavy (non-hydrogen) atoms. The normalized spacial score (nSPS) is 15.3. The molecule has 1 aromatic carbocycles. The smallest absolute Gasteiger partial charge is 0.0494 e. The fourth-order valence-electron chi connectivity index (χ4n) is 2.67. The van der Waals surface area contributed by atoms with Crippen molar-refractivity contribution in [1.29, 1.82) is 0 Å². The van der Waals surface area contributed by atoms with Crippen molar-refractivity contribution in [2.45, 2.75) is 45.2 Å². The van der Waals surface area contributed by atoms with E-state index in [-0.39, 0.29) is 0 Å². The number of nitrogens with one attached hydrogen (secondary N) is 1. The highest BCUT2D eigenvalue weighted by Gasteiger charge is 2.19. The highest BCUT2D eigenvalue weighted by molar-refractivity contribution is 9.10. The van der Waals surface area contributed by atoms with Gasteiger partial charge in [-0.25, -0.2) is 0 Å². The average molecular weight is 321 g/mol. The van der Waals surface area contributed by atoms with E-state index in [0.717, 1.165) is 12.6 Å². The number of benzene rings is 1. The Kier molecular flexibility index (Phi) is 3.94. The van der Waals surface area contributed by atoms with Gasteiger partial charge in [-0.15, -0.1) is 0 Å². The molecule has 1 N–H and O–H groups in total. The molecule has 0 bridgehead atoms. The third kappa shape index (κ3) is 2.87. The third-order valence-corrected chi connectivity index (χ3v) is 4.97. The summed E-state index contributed by atoms with van der Waals surface area (Å²) >= 11 is 3.72. The van der Waals surface area contributed by atoms with Gasteiger partial charge < -0.3 is 9.88 Å². The molecule has 3 heteroatoms. The standard InChI is InChI=1S/C16H21BrN2/c1-12-16(17)14-6-2-3-7-15(14)19(12)11-5-4-10-18-13-8-9-13/h2-3,6-7,13,18H,4-5,8-11H2,1H3. The molecule has 0 amide bonds. The Labute approximate surface area is 123 Å². The van der Waals surface area contributed by atoms with Crippen molar-refractivity contribution in [3.05, 3.63) is 34.4 Å². The van der Waals surface area contributed by atoms with Crippen LogP contribution in [0.15, 0.2) is 28.7 Å². The zero-order valence-corrected chi connectivity index (χ0v) is 13.0. The summed E-state index contributed by atoms with van der Waals surface area (Å²) in [5.74, 6) is 0. The molecule has 1 heterocycles. The number of unbranched alkanes of at least 4 members (excludes halogenated alkanes) is 1. The second kappa shape index (κ2) is 5.68. The van der Waals surface area contributed by atoms with Gasteiger partial charge in [0.25, 0.3) is 0 Å². The zero-order valence-electron chi connectivity index (χ0n) is 11.5. The van der Waals surface area contributed by atoms with Crippen molar-refractivity contribution in [3.63, 3.8) is 0 Å². The Morgan fingerprint density at radius 3 is 2.84 bits per heavy atom. The van der Waals surface area contributed by atoms with Crippen molar-refractivity contribution in [3.8, 4) is 0 Å². The minimum absolute atomic E-state index is 0.836. The summed E-state index contributed by atoms with van der Waals surface area (Å²) in [6.07, 6.45) is 5.27. The lowest BCUT2D eigenvalue weighted by Crippen LogP contribution is -2.17. The summed E-state index contributed by atoms with van der Waals surface area (Å²) in [6.45, 7) is 4.49. The van der Waals surface area contributed by atoms with Gasteiger partial charge in [0.1, 0.15) is 0 Å². The predicted octanol–water partition coefficient (Wildman–Crippen LogP) is 4.24. The van der Waals surface area contributed by atoms with Gasteiger partial charge in [0.2, 0.25) is 0 Å². The number of hydrogen-bond acceptors (Lipinski definition) is 1. The van der Waals surface area contributed by atoms with Crippen LogP contribution in [0.5, 0.6) is 0 Å². The third-order valence-electron chi connectivity index (χ3n) is 3.97. The molecule has 1 aromatic heterocycles. The Hall–Kier alpha value is -0.800. The Balaban J connectivity index is 1.64. The lowest BCUT2D eigenvalue weighted by atomic mass is 10.2. The van der Waals surface area contributed by atoms with Crippen LogP contribution in [0.4, 0.5) is 0 Å². The summed E-state index contributed by atoms with van der Waals surface area (Å²) in [4.78, 5) is 0. The maximum atomic E-state index is 3.72. The molecule has 0 aliphatic heterocycles. The van der Waals surface area contributed by atoms with Crippen molar-refractivity contribution in [1.82, 2.24) is 9.88 Å². The van der Waals surface area contributed by atoms with E-state index < -0.39 is 0 Å². The summed E-state index contributed by atoms with van der Waals surface area (Å²) in [5.41, 5.74) is 2.69. The number of para-hydroxylation sites is 1. The molecule has 0 spiro atoms. The average Bonchev–Trinajstić information content (AvgIpc) is 3.22. The van der Waals surface area contributed by atoms with E-state index in [1.807, 2.05) is 0 Å². The quantitative estimate of drug-likeness (QED) is 0.787. The first-order valence-electron chi connectivity index (χ1n) is 7.24. The molecule has 0 atom stereocenters. The van der Waals surface area contributed by atoms with Crippen LogP contribution in [-0.4, -0.2) is 17.2 Å². The highest BCUT2D eigenvalue weighted by atomic mass is 79.9. The molecule has 3 rings (SSSR count). The van der Waals surface area contributed by atoms with Crippen LogP contribution in [0, 0.1) is 6.92 Å². The highest BCUT2D eigenvalue weighted by Crippen LogP contribution is 2.30. The topological polar surface area (TPSA) is 17.0 Å². The molecule has 0 unspecified atom stereocenters. The molecule has 2 aromatic rings. The summed E-state index contributed by atoms with van der Waals surface area (Å²) in [7, 11) is 0. The monoisotopic (exact) mass is 320 g/mol. The maximum absolute atomic E-state index is 3.72. The van der Waals surface area contributed by atoms with E-state index in [1.165, 1.54) is 53.3 Å². The summed E-state index contributed by atoms with van der Waals surface area (Å²) in [6, 6.07) is 9.48. The van der Waals surface area contributed by atoms with Gasteiger partial charge in [0.05, 0.1) is 0 Å². The molecule has 0 saturated heterocycles. The van der Waals surface area contributed by atoms with E-state index in [1.54, 1.807) is 0 Å². The van der Waals surface area contributed by atoms with Crippen molar-refractivity contribution in [2.75, 3.05) is 6.54 Å². The van der Waals surface area contributed by atoms with Crippen molar-refractivity contribution in [2.24, 2.45) is 0 Å². The largest absolute Gasteiger partial charge is 0.344 e. The molecule has 102 valence electrons. The number of fused-ring (bicyclic) bond motifs is 1. The number of halogens is 1. The SMILES string of the molecule is Cc1c(Br)c2ccccc2n1CCCCNC1CC1. The van der Waals surface area contributed by atoms with Gasteiger partial charge in [0.15, 0.2) is 0 Å². The Morgan fingerprint density at radius 1 is 1.26 bits per heavy atom. The summed E-state index contributed by atoms with van der Waals surface area (Å²) < 4.78 is 3.69. The first kappa shape index (κ1) is 13.2. The first-order valence-corrected chi connectivity index (χ1v) is 8.03. The predicted molar refractivity (Wildman–Crippen MR) is 84.6 cm³/mol. The van der Waals surface area contributed by atoms with E-state index in [4.69, 9.17) is 0 Å². The number of aromatic nitrogens is 1. The van der Waals surface area contributed by atoms with Gasteiger partial charge >= 0.3 is 0 Å². The van der Waals surface area contributed by atoms with E-state index >= 15 is 0 Å². The minimum atomic E-state index is 0.836. The number of aryl methyl sites for hydroxylation is 1. The van der Waals surface area contributed by atoms with E-state index in [2.05, 4.69) is 57.0 Å². The fourth-order valence-corrected chi connectivity index (χ4v) is 3.21. The molecule has 1 saturated carbocycles. The van der Waals surface area contributed by atoms with Crippen LogP contribution in [-0.2, 0) is 6.54 Å². The number of nitrogens with zero attached hydrogens (tertiary/aromatic N) is 1. The van der Waals surface area contributed by atoms with Crippen LogP contribution in [0.25, 0.3) is 10.9 Å². The lowest BCUT2D eigenvalue weighted by molar-refractivity contribution is 0.569. The van der Waals surface area contributed by atoms with Crippen molar-refractivity contribution < 1.29 is 0 Å². The molecule has 1 aliphatic carbocycles. The zero-order chi connectivity index (χ0) is 13.2. The van der Waals surface area contributed by atoms with Crippen LogP contribution >= 0.6 is 15.9 Å². The maximum Gasteiger partial charge on any atom is 0.0494 e. The van der Waals surface area contributed by atoms with Crippen LogP contribution < -0.4 is 5.32 Å². The molecule has 0 radical (unpaired) electrons. The Morgan fingerprint density at radius 2 is 2.05 bits per heavy atom. The first-order chi connectivity index (χ1) is 9.27. The molecular weight excluding hydrogens is 300 g/mol. The Bertz CT molecular complexity index is 569. The lowest BCUT2D eigenvalue weighted by Gasteiger charge is -2.08. The minimum Gasteiger partial charge on any atom is -0.344 e. The van der Waals surface area contributed by atoms with Gasteiger partial charge in [-0.2, -0.15) is 0 Å². The van der Waals surface area contributed by atoms with Crippen LogP contribution in [0.3, 0.4) is 0 Å². The molecule has 1 aliphatic rings. The van der Waals surface area contributed by atoms with E-state index in [9.17, 15) is 0 Å². The molecular formula is C16H21BrN2. The van der Waals surface area contributed by atoms with Gasteiger partial charge in [-0.3, -0.25) is 0 Å². The fraction of sp³-hybridized carbons (Fsp3) is 0.500. The molecule has 2 nitrogen and oxygen atoms in total. The second-order valence-corrected chi connectivity index (χ2v) is 6.30.